The third-order valence-electron chi connectivity index (χ3n) is 6.08. The second kappa shape index (κ2) is 8.27. The monoisotopic (exact) mass is 447 g/mol. The van der Waals surface area contributed by atoms with Gasteiger partial charge in [-0.05, 0) is 54.7 Å². The van der Waals surface area contributed by atoms with E-state index in [0.717, 1.165) is 41.2 Å². The maximum Gasteiger partial charge on any atom is 0.228 e. The Hall–Kier alpha value is -3.81. The number of amides is 1. The Morgan fingerprint density at radius 2 is 2.09 bits per heavy atom. The smallest absolute Gasteiger partial charge is 0.228 e. The minimum Gasteiger partial charge on any atom is -0.387 e. The predicted octanol–water partition coefficient (Wildman–Crippen LogP) is 4.27. The number of hydrogen-bond donors (Lipinski definition) is 3. The third kappa shape index (κ3) is 3.92. The van der Waals surface area contributed by atoms with E-state index in [4.69, 9.17) is 5.41 Å². The number of pyridine rings is 1. The van der Waals surface area contributed by atoms with Crippen molar-refractivity contribution in [2.45, 2.75) is 26.2 Å². The first-order valence-corrected chi connectivity index (χ1v) is 10.9. The zero-order chi connectivity index (χ0) is 23.1. The van der Waals surface area contributed by atoms with Crippen LogP contribution in [0.15, 0.2) is 54.5 Å². The molecule has 0 saturated heterocycles. The van der Waals surface area contributed by atoms with Crippen molar-refractivity contribution in [3.8, 4) is 0 Å². The zero-order valence-electron chi connectivity index (χ0n) is 18.1. The van der Waals surface area contributed by atoms with E-state index in [1.54, 1.807) is 10.6 Å². The van der Waals surface area contributed by atoms with E-state index in [1.165, 1.54) is 12.1 Å². The van der Waals surface area contributed by atoms with Gasteiger partial charge < -0.3 is 10.6 Å². The molecule has 1 saturated carbocycles. The molecule has 0 unspecified atom stereocenters. The number of carbonyl (C=O) groups is 1. The number of rotatable bonds is 5. The number of benzene rings is 1. The highest BCUT2D eigenvalue weighted by Crippen LogP contribution is 2.38. The number of nitrogens with zero attached hydrogens (tertiary/aromatic N) is 2. The minimum atomic E-state index is -0.620. The number of nitrogens with one attached hydrogen (secondary N) is 3. The number of allylic oxidation sites excluding steroid dienone is 2. The highest BCUT2D eigenvalue weighted by Gasteiger charge is 2.30. The van der Waals surface area contributed by atoms with Crippen molar-refractivity contribution in [1.82, 2.24) is 20.0 Å². The molecule has 1 aromatic carbocycles. The number of fused-ring (bicyclic) bond motifs is 1. The van der Waals surface area contributed by atoms with Gasteiger partial charge in [0.05, 0.1) is 6.20 Å². The van der Waals surface area contributed by atoms with E-state index in [0.29, 0.717) is 29.9 Å². The summed E-state index contributed by atoms with van der Waals surface area (Å²) in [5.74, 6) is -1.40. The van der Waals surface area contributed by atoms with Crippen LogP contribution in [-0.4, -0.2) is 27.7 Å². The molecule has 6 nitrogen and oxygen atoms in total. The molecule has 2 aromatic heterocycles. The predicted molar refractivity (Wildman–Crippen MR) is 122 cm³/mol. The first-order chi connectivity index (χ1) is 16.0. The number of imidazole rings is 1. The second-order valence-electron chi connectivity index (χ2n) is 8.32. The van der Waals surface area contributed by atoms with Gasteiger partial charge in [0.2, 0.25) is 5.91 Å². The molecule has 1 aliphatic carbocycles. The molecular weight excluding hydrogens is 424 g/mol. The molecular formula is C25H23F2N5O. The summed E-state index contributed by atoms with van der Waals surface area (Å²) in [7, 11) is 0. The van der Waals surface area contributed by atoms with Gasteiger partial charge in [-0.1, -0.05) is 6.92 Å². The average molecular weight is 447 g/mol. The van der Waals surface area contributed by atoms with Crippen molar-refractivity contribution in [3.63, 3.8) is 0 Å². The number of carbonyl (C=O) groups excluding carboxylic acids is 1. The molecule has 2 aliphatic rings. The molecule has 168 valence electrons. The van der Waals surface area contributed by atoms with E-state index in [2.05, 4.69) is 15.6 Å². The maximum atomic E-state index is 14.8. The summed E-state index contributed by atoms with van der Waals surface area (Å²) in [6.07, 6.45) is 7.61. The van der Waals surface area contributed by atoms with Gasteiger partial charge in [-0.3, -0.25) is 14.6 Å². The molecule has 0 radical (unpaired) electrons. The number of halogens is 2. The fourth-order valence-corrected chi connectivity index (χ4v) is 4.14. The third-order valence-corrected chi connectivity index (χ3v) is 6.08. The minimum absolute atomic E-state index is 0.00988. The summed E-state index contributed by atoms with van der Waals surface area (Å²) >= 11 is 0. The van der Waals surface area contributed by atoms with Crippen LogP contribution in [0.1, 0.15) is 43.0 Å². The summed E-state index contributed by atoms with van der Waals surface area (Å²) in [6.45, 7) is 2.57. The number of amidine groups is 1. The van der Waals surface area contributed by atoms with Crippen LogP contribution in [0.2, 0.25) is 0 Å². The van der Waals surface area contributed by atoms with Crippen LogP contribution in [0, 0.1) is 23.0 Å². The Morgan fingerprint density at radius 1 is 1.27 bits per heavy atom. The van der Waals surface area contributed by atoms with Crippen LogP contribution in [0.25, 0.3) is 16.8 Å². The lowest BCUT2D eigenvalue weighted by Gasteiger charge is -2.24. The van der Waals surface area contributed by atoms with Gasteiger partial charge in [-0.2, -0.15) is 0 Å². The Kier molecular flexibility index (Phi) is 5.28. The molecule has 1 fully saturated rings. The fourth-order valence-electron chi connectivity index (χ4n) is 4.14. The first kappa shape index (κ1) is 21.1. The van der Waals surface area contributed by atoms with Gasteiger partial charge in [0.1, 0.15) is 23.0 Å². The largest absolute Gasteiger partial charge is 0.387 e. The number of aromatic nitrogens is 2. The molecule has 1 aliphatic heterocycles. The topological polar surface area (TPSA) is 82.3 Å². The van der Waals surface area contributed by atoms with Crippen molar-refractivity contribution >= 4 is 28.5 Å². The first-order valence-electron chi connectivity index (χ1n) is 10.9. The summed E-state index contributed by atoms with van der Waals surface area (Å²) in [6, 6.07) is 7.33. The van der Waals surface area contributed by atoms with Crippen LogP contribution < -0.4 is 10.6 Å². The molecule has 0 atom stereocenters. The Bertz CT molecular complexity index is 1350. The summed E-state index contributed by atoms with van der Waals surface area (Å²) < 4.78 is 30.1. The number of hydrogen-bond acceptors (Lipinski definition) is 4. The standard InChI is InChI=1S/C25H23F2N5O/c1-2-14-10-29-11-19(23(14)18-7-6-17(26)9-20(18)27)16-5-8-22-30-12-21(32(22)13-16)24(28)31-25(33)15-3-4-15/h5-9,11-13,15,29H,2-4,10H2,1H3,(H2,28,31,33). The SMILES string of the molecule is CCC1=C(c2ccc(F)cc2F)C(c2ccc3ncc(C(=N)NC(=O)C4CC4)n3c2)=CNC1. The Labute approximate surface area is 189 Å². The van der Waals surface area contributed by atoms with Crippen molar-refractivity contribution < 1.29 is 13.6 Å². The molecule has 3 N–H and O–H groups in total. The van der Waals surface area contributed by atoms with Crippen molar-refractivity contribution in [2.24, 2.45) is 5.92 Å². The molecule has 0 spiro atoms. The van der Waals surface area contributed by atoms with Gasteiger partial charge in [0.15, 0.2) is 5.84 Å². The highest BCUT2D eigenvalue weighted by molar-refractivity contribution is 6.08. The Morgan fingerprint density at radius 3 is 2.82 bits per heavy atom. The van der Waals surface area contributed by atoms with Crippen LogP contribution in [0.5, 0.6) is 0 Å². The second-order valence-corrected chi connectivity index (χ2v) is 8.32. The molecule has 1 amide bonds. The van der Waals surface area contributed by atoms with Gasteiger partial charge in [0.25, 0.3) is 0 Å². The summed E-state index contributed by atoms with van der Waals surface area (Å²) in [5, 5.41) is 14.3. The summed E-state index contributed by atoms with van der Waals surface area (Å²) in [5.41, 5.74) is 4.70. The average Bonchev–Trinajstić information content (AvgIpc) is 3.58. The van der Waals surface area contributed by atoms with E-state index >= 15 is 0 Å². The number of dihydropyridines is 1. The molecule has 3 aromatic rings. The lowest BCUT2D eigenvalue weighted by molar-refractivity contribution is -0.120. The normalized spacial score (nSPS) is 15.9. The molecule has 3 heterocycles. The van der Waals surface area contributed by atoms with Crippen LogP contribution in [0.4, 0.5) is 8.78 Å². The summed E-state index contributed by atoms with van der Waals surface area (Å²) in [4.78, 5) is 16.5. The van der Waals surface area contributed by atoms with Gasteiger partial charge in [-0.15, -0.1) is 0 Å². The maximum absolute atomic E-state index is 14.8. The van der Waals surface area contributed by atoms with Crippen molar-refractivity contribution in [3.05, 3.63) is 83.0 Å². The van der Waals surface area contributed by atoms with Crippen LogP contribution in [-0.2, 0) is 4.79 Å². The van der Waals surface area contributed by atoms with Gasteiger partial charge in [-0.25, -0.2) is 13.8 Å². The van der Waals surface area contributed by atoms with E-state index in [1.807, 2.05) is 31.5 Å². The van der Waals surface area contributed by atoms with Gasteiger partial charge >= 0.3 is 0 Å². The van der Waals surface area contributed by atoms with Crippen molar-refractivity contribution in [2.75, 3.05) is 6.54 Å². The van der Waals surface area contributed by atoms with Crippen LogP contribution in [0.3, 0.4) is 0 Å². The van der Waals surface area contributed by atoms with E-state index in [-0.39, 0.29) is 17.7 Å². The molecule has 0 bridgehead atoms. The highest BCUT2D eigenvalue weighted by atomic mass is 19.1. The fraction of sp³-hybridized carbons (Fsp3) is 0.240. The Balaban J connectivity index is 1.57. The van der Waals surface area contributed by atoms with E-state index < -0.39 is 11.6 Å². The molecule has 5 rings (SSSR count). The molecule has 33 heavy (non-hydrogen) atoms. The zero-order valence-corrected chi connectivity index (χ0v) is 18.1. The molecule has 8 heteroatoms. The lowest BCUT2D eigenvalue weighted by atomic mass is 9.86. The quantitative estimate of drug-likeness (QED) is 0.404. The van der Waals surface area contributed by atoms with Crippen LogP contribution >= 0.6 is 0 Å². The lowest BCUT2D eigenvalue weighted by Crippen LogP contribution is -2.32. The van der Waals surface area contributed by atoms with Crippen molar-refractivity contribution in [1.29, 1.82) is 5.41 Å². The van der Waals surface area contributed by atoms with Gasteiger partial charge in [0, 0.05) is 47.6 Å². The van der Waals surface area contributed by atoms with E-state index in [9.17, 15) is 13.6 Å².